The Morgan fingerprint density at radius 2 is 2.05 bits per heavy atom. The molecule has 0 spiro atoms. The van der Waals surface area contributed by atoms with E-state index in [1.54, 1.807) is 23.1 Å². The number of hydrogen-bond acceptors (Lipinski definition) is 6. The molecule has 1 N–H and O–H groups in total. The van der Waals surface area contributed by atoms with Gasteiger partial charge in [0.25, 0.3) is 0 Å². The summed E-state index contributed by atoms with van der Waals surface area (Å²) in [7, 11) is 0. The number of aryl methyl sites for hydroxylation is 1. The molecule has 0 bridgehead atoms. The lowest BCUT2D eigenvalue weighted by Gasteiger charge is -2.06. The Morgan fingerprint density at radius 3 is 2.84 bits per heavy atom. The quantitative estimate of drug-likeness (QED) is 0.609. The minimum atomic E-state index is 0.868. The van der Waals surface area contributed by atoms with Crippen LogP contribution in [0.4, 0.5) is 10.8 Å². The number of hydrogen-bond donors (Lipinski definition) is 1. The number of rotatable bonds is 7. The van der Waals surface area contributed by atoms with Crippen molar-refractivity contribution < 1.29 is 0 Å². The summed E-state index contributed by atoms with van der Waals surface area (Å²) >= 11 is 5.24. The second-order valence-corrected chi connectivity index (χ2v) is 7.16. The minimum absolute atomic E-state index is 0.868. The number of thioether (sulfide) groups is 2. The molecule has 19 heavy (non-hydrogen) atoms. The highest BCUT2D eigenvalue weighted by Crippen LogP contribution is 2.29. The van der Waals surface area contributed by atoms with Gasteiger partial charge in [0.15, 0.2) is 4.34 Å². The standard InChI is InChI=1S/C13H17N3S3/c1-3-10-6-4-5-7-11(10)14-12-15-16-13(19-12)18-9-8-17-2/h4-7H,3,8-9H2,1-2H3,(H,14,15). The van der Waals surface area contributed by atoms with Gasteiger partial charge < -0.3 is 5.32 Å². The summed E-state index contributed by atoms with van der Waals surface area (Å²) in [5.41, 5.74) is 2.43. The summed E-state index contributed by atoms with van der Waals surface area (Å²) < 4.78 is 1.03. The van der Waals surface area contributed by atoms with E-state index in [1.807, 2.05) is 17.8 Å². The molecule has 1 aromatic carbocycles. The highest BCUT2D eigenvalue weighted by atomic mass is 32.2. The number of aromatic nitrogens is 2. The molecule has 3 nitrogen and oxygen atoms in total. The summed E-state index contributed by atoms with van der Waals surface area (Å²) in [4.78, 5) is 0. The van der Waals surface area contributed by atoms with Crippen molar-refractivity contribution in [2.24, 2.45) is 0 Å². The van der Waals surface area contributed by atoms with Crippen LogP contribution < -0.4 is 5.32 Å². The second-order valence-electron chi connectivity index (χ2n) is 3.85. The summed E-state index contributed by atoms with van der Waals surface area (Å²) in [6.45, 7) is 2.16. The smallest absolute Gasteiger partial charge is 0.210 e. The first-order valence-corrected chi connectivity index (χ1v) is 9.33. The zero-order chi connectivity index (χ0) is 13.5. The molecule has 0 radical (unpaired) electrons. The fourth-order valence-corrected chi connectivity index (χ4v) is 4.08. The molecule has 0 fully saturated rings. The van der Waals surface area contributed by atoms with Crippen LogP contribution in [-0.2, 0) is 6.42 Å². The van der Waals surface area contributed by atoms with Gasteiger partial charge in [-0.25, -0.2) is 0 Å². The van der Waals surface area contributed by atoms with Crippen LogP contribution in [0, 0.1) is 0 Å². The Bertz CT molecular complexity index is 513. The normalized spacial score (nSPS) is 10.6. The van der Waals surface area contributed by atoms with E-state index in [1.165, 1.54) is 5.56 Å². The number of para-hydroxylation sites is 1. The van der Waals surface area contributed by atoms with E-state index in [-0.39, 0.29) is 0 Å². The van der Waals surface area contributed by atoms with E-state index >= 15 is 0 Å². The fraction of sp³-hybridized carbons (Fsp3) is 0.385. The van der Waals surface area contributed by atoms with Gasteiger partial charge in [0, 0.05) is 17.2 Å². The van der Waals surface area contributed by atoms with Crippen molar-refractivity contribution in [2.75, 3.05) is 23.1 Å². The van der Waals surface area contributed by atoms with Gasteiger partial charge >= 0.3 is 0 Å². The first-order chi connectivity index (χ1) is 9.33. The van der Waals surface area contributed by atoms with Crippen molar-refractivity contribution in [1.82, 2.24) is 10.2 Å². The van der Waals surface area contributed by atoms with Crippen LogP contribution in [0.1, 0.15) is 12.5 Å². The summed E-state index contributed by atoms with van der Waals surface area (Å²) in [5, 5.41) is 12.6. The molecule has 2 aromatic rings. The van der Waals surface area contributed by atoms with Gasteiger partial charge in [0.05, 0.1) is 0 Å². The van der Waals surface area contributed by atoms with Gasteiger partial charge in [-0.1, -0.05) is 48.2 Å². The van der Waals surface area contributed by atoms with E-state index in [0.29, 0.717) is 0 Å². The summed E-state index contributed by atoms with van der Waals surface area (Å²) in [5.74, 6) is 2.23. The molecule has 0 aliphatic heterocycles. The SMILES string of the molecule is CCc1ccccc1Nc1nnc(SCCSC)s1. The topological polar surface area (TPSA) is 37.8 Å². The molecule has 0 aliphatic rings. The maximum absolute atomic E-state index is 4.20. The van der Waals surface area contributed by atoms with Crippen molar-refractivity contribution in [3.63, 3.8) is 0 Å². The predicted octanol–water partition coefficient (Wildman–Crippen LogP) is 4.30. The fourth-order valence-electron chi connectivity index (χ4n) is 1.60. The highest BCUT2D eigenvalue weighted by molar-refractivity contribution is 8.03. The largest absolute Gasteiger partial charge is 0.330 e. The highest BCUT2D eigenvalue weighted by Gasteiger charge is 2.06. The van der Waals surface area contributed by atoms with Crippen LogP contribution in [-0.4, -0.2) is 28.0 Å². The van der Waals surface area contributed by atoms with Crippen molar-refractivity contribution in [1.29, 1.82) is 0 Å². The Labute approximate surface area is 126 Å². The van der Waals surface area contributed by atoms with Crippen LogP contribution in [0.5, 0.6) is 0 Å². The number of nitrogens with one attached hydrogen (secondary N) is 1. The van der Waals surface area contributed by atoms with Crippen molar-refractivity contribution in [3.05, 3.63) is 29.8 Å². The summed E-state index contributed by atoms with van der Waals surface area (Å²) in [6, 6.07) is 8.32. The molecule has 1 heterocycles. The Hall–Kier alpha value is -0.720. The number of benzene rings is 1. The molecule has 102 valence electrons. The van der Waals surface area contributed by atoms with Crippen LogP contribution >= 0.6 is 34.9 Å². The maximum atomic E-state index is 4.20. The third kappa shape index (κ3) is 4.40. The molecule has 2 rings (SSSR count). The third-order valence-electron chi connectivity index (χ3n) is 2.56. The summed E-state index contributed by atoms with van der Waals surface area (Å²) in [6.07, 6.45) is 3.13. The van der Waals surface area contributed by atoms with Crippen molar-refractivity contribution >= 4 is 45.7 Å². The average Bonchev–Trinajstić information content (AvgIpc) is 2.87. The van der Waals surface area contributed by atoms with Gasteiger partial charge in [0.1, 0.15) is 0 Å². The monoisotopic (exact) mass is 311 g/mol. The van der Waals surface area contributed by atoms with Crippen LogP contribution in [0.3, 0.4) is 0 Å². The molecule has 0 amide bonds. The van der Waals surface area contributed by atoms with Gasteiger partial charge in [0.2, 0.25) is 5.13 Å². The van der Waals surface area contributed by atoms with E-state index in [0.717, 1.165) is 33.1 Å². The lowest BCUT2D eigenvalue weighted by atomic mass is 10.1. The molecule has 0 atom stereocenters. The van der Waals surface area contributed by atoms with Crippen LogP contribution in [0.25, 0.3) is 0 Å². The lowest BCUT2D eigenvalue weighted by Crippen LogP contribution is -1.94. The first-order valence-electron chi connectivity index (χ1n) is 6.13. The lowest BCUT2D eigenvalue weighted by molar-refractivity contribution is 1.01. The first kappa shape index (κ1) is 14.7. The molecule has 0 saturated carbocycles. The Morgan fingerprint density at radius 1 is 1.21 bits per heavy atom. The Balaban J connectivity index is 1.99. The second kappa shape index (κ2) is 7.77. The van der Waals surface area contributed by atoms with Crippen molar-refractivity contribution in [2.45, 2.75) is 17.7 Å². The molecule has 0 aliphatic carbocycles. The minimum Gasteiger partial charge on any atom is -0.330 e. The molecule has 6 heteroatoms. The van der Waals surface area contributed by atoms with Crippen LogP contribution in [0.2, 0.25) is 0 Å². The van der Waals surface area contributed by atoms with Gasteiger partial charge in [-0.3, -0.25) is 0 Å². The van der Waals surface area contributed by atoms with Crippen LogP contribution in [0.15, 0.2) is 28.6 Å². The van der Waals surface area contributed by atoms with E-state index in [9.17, 15) is 0 Å². The zero-order valence-corrected chi connectivity index (χ0v) is 13.5. The van der Waals surface area contributed by atoms with E-state index in [2.05, 4.69) is 46.9 Å². The zero-order valence-electron chi connectivity index (χ0n) is 11.0. The van der Waals surface area contributed by atoms with Crippen molar-refractivity contribution in [3.8, 4) is 0 Å². The molecule has 1 aromatic heterocycles. The Kier molecular flexibility index (Phi) is 6.00. The van der Waals surface area contributed by atoms with E-state index in [4.69, 9.17) is 0 Å². The van der Waals surface area contributed by atoms with E-state index < -0.39 is 0 Å². The van der Waals surface area contributed by atoms with Gasteiger partial charge in [-0.05, 0) is 24.3 Å². The maximum Gasteiger partial charge on any atom is 0.210 e. The average molecular weight is 312 g/mol. The number of nitrogens with zero attached hydrogens (tertiary/aromatic N) is 2. The molecule has 0 saturated heterocycles. The van der Waals surface area contributed by atoms with Gasteiger partial charge in [-0.2, -0.15) is 11.8 Å². The number of anilines is 2. The predicted molar refractivity (Wildman–Crippen MR) is 88.1 cm³/mol. The molecular formula is C13H17N3S3. The molecular weight excluding hydrogens is 294 g/mol. The third-order valence-corrected chi connectivity index (χ3v) is 5.40. The molecule has 0 unspecified atom stereocenters. The van der Waals surface area contributed by atoms with Gasteiger partial charge in [-0.15, -0.1) is 10.2 Å².